The van der Waals surface area contributed by atoms with Crippen LogP contribution < -0.4 is 4.74 Å². The highest BCUT2D eigenvalue weighted by Crippen LogP contribution is 2.35. The van der Waals surface area contributed by atoms with Crippen LogP contribution in [0.1, 0.15) is 26.8 Å². The summed E-state index contributed by atoms with van der Waals surface area (Å²) in [6, 6.07) is 3.63. The van der Waals surface area contributed by atoms with Crippen molar-refractivity contribution in [3.63, 3.8) is 0 Å². The highest BCUT2D eigenvalue weighted by atomic mass is 79.9. The molecule has 1 amide bonds. The molecule has 3 heterocycles. The number of aromatic nitrogens is 2. The van der Waals surface area contributed by atoms with Crippen LogP contribution in [0.3, 0.4) is 0 Å². The van der Waals surface area contributed by atoms with E-state index in [-0.39, 0.29) is 12.5 Å². The largest absolute Gasteiger partial charge is 0.480 e. The monoisotopic (exact) mass is 439 g/mol. The Hall–Kier alpha value is -1.97. The molecule has 3 rings (SSSR count). The van der Waals surface area contributed by atoms with E-state index in [4.69, 9.17) is 13.9 Å². The molecule has 0 aromatic carbocycles. The molecule has 3 aromatic heterocycles. The summed E-state index contributed by atoms with van der Waals surface area (Å²) in [7, 11) is 4.87. The number of amides is 1. The summed E-state index contributed by atoms with van der Waals surface area (Å²) in [5, 5.41) is 0.759. The van der Waals surface area contributed by atoms with Gasteiger partial charge in [0.2, 0.25) is 5.88 Å². The number of aryl methyl sites for hydroxylation is 1. The summed E-state index contributed by atoms with van der Waals surface area (Å²) in [6.07, 6.45) is 0. The van der Waals surface area contributed by atoms with E-state index in [1.54, 1.807) is 32.2 Å². The topological polar surface area (TPSA) is 77.7 Å². The summed E-state index contributed by atoms with van der Waals surface area (Å²) in [4.78, 5) is 24.7. The van der Waals surface area contributed by atoms with E-state index in [9.17, 15) is 4.79 Å². The lowest BCUT2D eigenvalue weighted by atomic mass is 10.2. The number of carbonyl (C=O) groups is 1. The highest BCUT2D eigenvalue weighted by Gasteiger charge is 2.23. The van der Waals surface area contributed by atoms with Crippen LogP contribution in [-0.4, -0.2) is 42.0 Å². The Morgan fingerprint density at radius 2 is 2.12 bits per heavy atom. The standard InChI is InChI=1S/C17H18BrN3O4S/c1-9-13-15(24-4)19-12(8-23-3)20-16(13)26-14(9)17(22)21(2)7-10-5-6-11(18)25-10/h5-6H,7-8H2,1-4H3. The fraction of sp³-hybridized carbons (Fsp3) is 0.353. The smallest absolute Gasteiger partial charge is 0.264 e. The molecule has 0 N–H and O–H groups in total. The summed E-state index contributed by atoms with van der Waals surface area (Å²) in [6.45, 7) is 2.53. The molecule has 0 spiro atoms. The normalized spacial score (nSPS) is 11.1. The highest BCUT2D eigenvalue weighted by molar-refractivity contribution is 9.10. The first-order chi connectivity index (χ1) is 12.4. The number of carbonyl (C=O) groups excluding carboxylic acids is 1. The number of nitrogens with zero attached hydrogens (tertiary/aromatic N) is 3. The zero-order valence-corrected chi connectivity index (χ0v) is 17.2. The third kappa shape index (κ3) is 3.60. The van der Waals surface area contributed by atoms with Crippen molar-refractivity contribution < 1.29 is 18.7 Å². The zero-order valence-electron chi connectivity index (χ0n) is 14.8. The van der Waals surface area contributed by atoms with Crippen LogP contribution >= 0.6 is 27.3 Å². The molecule has 0 saturated carbocycles. The molecule has 0 fully saturated rings. The molecule has 0 saturated heterocycles. The van der Waals surface area contributed by atoms with Crippen molar-refractivity contribution in [2.75, 3.05) is 21.3 Å². The van der Waals surface area contributed by atoms with Gasteiger partial charge in [-0.05, 0) is 40.5 Å². The average Bonchev–Trinajstić information content (AvgIpc) is 3.17. The third-order valence-electron chi connectivity index (χ3n) is 3.83. The molecule has 138 valence electrons. The number of ether oxygens (including phenoxy) is 2. The summed E-state index contributed by atoms with van der Waals surface area (Å²) >= 11 is 4.59. The second-order valence-electron chi connectivity index (χ2n) is 5.69. The summed E-state index contributed by atoms with van der Waals surface area (Å²) in [5.41, 5.74) is 0.809. The second kappa shape index (κ2) is 7.73. The van der Waals surface area contributed by atoms with Gasteiger partial charge in [-0.1, -0.05) is 0 Å². The number of hydrogen-bond donors (Lipinski definition) is 0. The fourth-order valence-electron chi connectivity index (χ4n) is 2.61. The predicted octanol–water partition coefficient (Wildman–Crippen LogP) is 3.78. The summed E-state index contributed by atoms with van der Waals surface area (Å²) < 4.78 is 16.6. The van der Waals surface area contributed by atoms with E-state index in [0.717, 1.165) is 10.9 Å². The number of fused-ring (bicyclic) bond motifs is 1. The van der Waals surface area contributed by atoms with Crippen LogP contribution in [0.25, 0.3) is 10.2 Å². The van der Waals surface area contributed by atoms with E-state index in [1.807, 2.05) is 13.0 Å². The first-order valence-corrected chi connectivity index (χ1v) is 9.38. The van der Waals surface area contributed by atoms with Gasteiger partial charge in [0.25, 0.3) is 5.91 Å². The van der Waals surface area contributed by atoms with Gasteiger partial charge in [0.1, 0.15) is 17.2 Å². The van der Waals surface area contributed by atoms with E-state index in [1.165, 1.54) is 11.3 Å². The minimum absolute atomic E-state index is 0.103. The van der Waals surface area contributed by atoms with Gasteiger partial charge in [-0.3, -0.25) is 4.79 Å². The molecule has 0 aliphatic heterocycles. The van der Waals surface area contributed by atoms with Gasteiger partial charge in [-0.2, -0.15) is 4.98 Å². The molecule has 0 radical (unpaired) electrons. The molecule has 9 heteroatoms. The van der Waals surface area contributed by atoms with Crippen LogP contribution in [-0.2, 0) is 17.9 Å². The molecule has 7 nitrogen and oxygen atoms in total. The maximum absolute atomic E-state index is 12.9. The van der Waals surface area contributed by atoms with Crippen LogP contribution in [0.4, 0.5) is 0 Å². The quantitative estimate of drug-likeness (QED) is 0.581. The number of halogens is 1. The Morgan fingerprint density at radius 3 is 2.73 bits per heavy atom. The molecule has 0 bridgehead atoms. The minimum Gasteiger partial charge on any atom is -0.480 e. The van der Waals surface area contributed by atoms with E-state index in [2.05, 4.69) is 25.9 Å². The van der Waals surface area contributed by atoms with Gasteiger partial charge in [0, 0.05) is 14.2 Å². The molecule has 0 unspecified atom stereocenters. The Labute approximate surface area is 163 Å². The first kappa shape index (κ1) is 18.8. The SMILES string of the molecule is COCc1nc(OC)c2c(C)c(C(=O)N(C)Cc3ccc(Br)o3)sc2n1. The lowest BCUT2D eigenvalue weighted by molar-refractivity contribution is 0.0779. The fourth-order valence-corrected chi connectivity index (χ4v) is 4.13. The van der Waals surface area contributed by atoms with Crippen LogP contribution in [0.2, 0.25) is 0 Å². The Balaban J connectivity index is 1.96. The van der Waals surface area contributed by atoms with Crippen molar-refractivity contribution in [2.45, 2.75) is 20.1 Å². The number of rotatable bonds is 6. The lowest BCUT2D eigenvalue weighted by Crippen LogP contribution is -2.25. The molecule has 0 aliphatic rings. The predicted molar refractivity (Wildman–Crippen MR) is 102 cm³/mol. The maximum atomic E-state index is 12.9. The zero-order chi connectivity index (χ0) is 18.8. The number of hydrogen-bond acceptors (Lipinski definition) is 7. The summed E-state index contributed by atoms with van der Waals surface area (Å²) in [5.74, 6) is 1.57. The number of furan rings is 1. The number of methoxy groups -OCH3 is 2. The van der Waals surface area contributed by atoms with Crippen LogP contribution in [0, 0.1) is 6.92 Å². The van der Waals surface area contributed by atoms with Crippen molar-refractivity contribution in [3.8, 4) is 5.88 Å². The van der Waals surface area contributed by atoms with E-state index >= 15 is 0 Å². The minimum atomic E-state index is -0.103. The molecular weight excluding hydrogens is 422 g/mol. The first-order valence-electron chi connectivity index (χ1n) is 7.77. The van der Waals surface area contributed by atoms with Crippen molar-refractivity contribution >= 4 is 43.4 Å². The van der Waals surface area contributed by atoms with Crippen molar-refractivity contribution in [1.82, 2.24) is 14.9 Å². The van der Waals surface area contributed by atoms with Crippen molar-refractivity contribution in [3.05, 3.63) is 38.8 Å². The van der Waals surface area contributed by atoms with Crippen molar-refractivity contribution in [2.24, 2.45) is 0 Å². The van der Waals surface area contributed by atoms with Gasteiger partial charge in [0.15, 0.2) is 10.5 Å². The average molecular weight is 440 g/mol. The van der Waals surface area contributed by atoms with Crippen LogP contribution in [0.15, 0.2) is 21.2 Å². The van der Waals surface area contributed by atoms with Gasteiger partial charge < -0.3 is 18.8 Å². The van der Waals surface area contributed by atoms with Crippen LogP contribution in [0.5, 0.6) is 5.88 Å². The van der Waals surface area contributed by atoms with Gasteiger partial charge in [-0.15, -0.1) is 11.3 Å². The number of thiophene rings is 1. The van der Waals surface area contributed by atoms with Gasteiger partial charge in [-0.25, -0.2) is 4.98 Å². The van der Waals surface area contributed by atoms with Crippen molar-refractivity contribution in [1.29, 1.82) is 0 Å². The van der Waals surface area contributed by atoms with E-state index < -0.39 is 0 Å². The maximum Gasteiger partial charge on any atom is 0.264 e. The lowest BCUT2D eigenvalue weighted by Gasteiger charge is -2.15. The molecular formula is C17H18BrN3O4S. The molecule has 26 heavy (non-hydrogen) atoms. The van der Waals surface area contributed by atoms with E-state index in [0.29, 0.717) is 38.4 Å². The Kier molecular flexibility index (Phi) is 5.59. The Morgan fingerprint density at radius 1 is 1.35 bits per heavy atom. The molecule has 0 aliphatic carbocycles. The van der Waals surface area contributed by atoms with Gasteiger partial charge in [0.05, 0.1) is 23.9 Å². The van der Waals surface area contributed by atoms with Gasteiger partial charge >= 0.3 is 0 Å². The molecule has 3 aromatic rings. The Bertz CT molecular complexity index is 953. The second-order valence-corrected chi connectivity index (χ2v) is 7.47. The molecule has 0 atom stereocenters. The third-order valence-corrected chi connectivity index (χ3v) is 5.43.